The Hall–Kier alpha value is 0.190. The molecule has 0 amide bonds. The summed E-state index contributed by atoms with van der Waals surface area (Å²) in [6.45, 7) is 0. The van der Waals surface area contributed by atoms with Crippen molar-refractivity contribution >= 4 is 7.74 Å². The molecule has 1 aliphatic carbocycles. The van der Waals surface area contributed by atoms with E-state index >= 15 is 0 Å². The van der Waals surface area contributed by atoms with Crippen molar-refractivity contribution in [2.45, 2.75) is 37.6 Å². The Morgan fingerprint density at radius 3 is 1.54 bits per heavy atom. The molecule has 1 saturated carbocycles. The third-order valence-corrected chi connectivity index (χ3v) is 5.38. The molecule has 0 radical (unpaired) electrons. The summed E-state index contributed by atoms with van der Waals surface area (Å²) in [6.07, 6.45) is 3.16. The zero-order valence-corrected chi connectivity index (χ0v) is 7.64. The van der Waals surface area contributed by atoms with E-state index in [4.69, 9.17) is 22.9 Å². The Kier molecular flexibility index (Phi) is 1.10. The van der Waals surface area contributed by atoms with Crippen LogP contribution in [-0.4, -0.2) is 18.3 Å². The predicted molar refractivity (Wildman–Crippen MR) is 38.6 cm³/mol. The van der Waals surface area contributed by atoms with Crippen LogP contribution in [0.25, 0.3) is 0 Å². The van der Waals surface area contributed by atoms with Crippen molar-refractivity contribution in [1.82, 2.24) is 0 Å². The van der Waals surface area contributed by atoms with E-state index < -0.39 is 7.74 Å². The Labute approximate surface area is 74.2 Å². The van der Waals surface area contributed by atoms with Crippen LogP contribution in [0.2, 0.25) is 0 Å². The molecule has 4 heterocycles. The maximum absolute atomic E-state index is 5.55. The second-order valence-electron chi connectivity index (χ2n) is 3.85. The standard InChI is InChI=1S/C6H9O6P/c1-4-2-6-3-5(1)8-13(7-4,9-6)11-10-12-13/h4-6H,1-3H2. The summed E-state index contributed by atoms with van der Waals surface area (Å²) in [6, 6.07) is 0. The van der Waals surface area contributed by atoms with Gasteiger partial charge in [0.25, 0.3) is 0 Å². The van der Waals surface area contributed by atoms with Crippen LogP contribution >= 0.6 is 7.74 Å². The summed E-state index contributed by atoms with van der Waals surface area (Å²) in [5.74, 6) is 0. The van der Waals surface area contributed by atoms with Gasteiger partial charge in [-0.15, -0.1) is 0 Å². The molecule has 13 heavy (non-hydrogen) atoms. The average molecular weight is 208 g/mol. The van der Waals surface area contributed by atoms with Crippen LogP contribution in [0.15, 0.2) is 0 Å². The topological polar surface area (TPSA) is 55.4 Å². The van der Waals surface area contributed by atoms with Crippen molar-refractivity contribution in [1.29, 1.82) is 0 Å². The Morgan fingerprint density at radius 2 is 1.23 bits per heavy atom. The van der Waals surface area contributed by atoms with E-state index in [1.807, 2.05) is 0 Å². The first-order valence-electron chi connectivity index (χ1n) is 4.40. The summed E-state index contributed by atoms with van der Waals surface area (Å²) in [7, 11) is -3.63. The second kappa shape index (κ2) is 1.92. The molecule has 7 heteroatoms. The van der Waals surface area contributed by atoms with E-state index in [1.54, 1.807) is 0 Å². The fourth-order valence-corrected chi connectivity index (χ4v) is 4.99. The molecule has 0 aromatic heterocycles. The molecule has 0 aromatic carbocycles. The van der Waals surface area contributed by atoms with Gasteiger partial charge in [0.05, 0.1) is 0 Å². The van der Waals surface area contributed by atoms with E-state index in [1.165, 1.54) is 0 Å². The fraction of sp³-hybridized carbons (Fsp3) is 1.00. The first-order valence-corrected chi connectivity index (χ1v) is 6.23. The molecule has 0 atom stereocenters. The monoisotopic (exact) mass is 208 g/mol. The average Bonchev–Trinajstić information content (AvgIpc) is 1.99. The molecule has 5 rings (SSSR count). The van der Waals surface area contributed by atoms with Gasteiger partial charge in [0.15, 0.2) is 0 Å². The summed E-state index contributed by atoms with van der Waals surface area (Å²) in [5.41, 5.74) is 0. The zero-order chi connectivity index (χ0) is 8.54. The minimum atomic E-state index is -3.63. The predicted octanol–water partition coefficient (Wildman–Crippen LogP) is 1.37. The van der Waals surface area contributed by atoms with Gasteiger partial charge < -0.3 is 0 Å². The minimum absolute atomic E-state index is 0.146. The van der Waals surface area contributed by atoms with Crippen LogP contribution in [0.5, 0.6) is 0 Å². The molecule has 5 aliphatic rings. The van der Waals surface area contributed by atoms with Gasteiger partial charge in [0.1, 0.15) is 0 Å². The van der Waals surface area contributed by atoms with Gasteiger partial charge in [-0.25, -0.2) is 0 Å². The van der Waals surface area contributed by atoms with Crippen LogP contribution in [-0.2, 0) is 28.0 Å². The van der Waals surface area contributed by atoms with Crippen LogP contribution in [0, 0.1) is 0 Å². The van der Waals surface area contributed by atoms with Crippen molar-refractivity contribution in [3.8, 4) is 0 Å². The first-order chi connectivity index (χ1) is 6.26. The third-order valence-electron chi connectivity index (χ3n) is 2.85. The maximum atomic E-state index is 5.55. The van der Waals surface area contributed by atoms with Gasteiger partial charge in [-0.3, -0.25) is 0 Å². The molecule has 4 bridgehead atoms. The molecule has 1 spiro atoms. The quantitative estimate of drug-likeness (QED) is 0.442. The van der Waals surface area contributed by atoms with Crippen molar-refractivity contribution in [3.05, 3.63) is 0 Å². The molecule has 74 valence electrons. The Balaban J connectivity index is 1.80. The van der Waals surface area contributed by atoms with Crippen LogP contribution in [0.1, 0.15) is 19.3 Å². The van der Waals surface area contributed by atoms with Crippen molar-refractivity contribution in [3.63, 3.8) is 0 Å². The zero-order valence-electron chi connectivity index (χ0n) is 6.75. The molecular formula is C6H9O6P. The summed E-state index contributed by atoms with van der Waals surface area (Å²) in [5, 5.41) is 4.24. The van der Waals surface area contributed by atoms with Gasteiger partial charge >= 0.3 is 73.3 Å². The molecule has 4 saturated heterocycles. The molecule has 4 aliphatic heterocycles. The van der Waals surface area contributed by atoms with Crippen LogP contribution < -0.4 is 0 Å². The molecular weight excluding hydrogens is 199 g/mol. The van der Waals surface area contributed by atoms with Crippen LogP contribution in [0.4, 0.5) is 0 Å². The van der Waals surface area contributed by atoms with Gasteiger partial charge in [-0.2, -0.15) is 0 Å². The van der Waals surface area contributed by atoms with E-state index in [0.29, 0.717) is 0 Å². The van der Waals surface area contributed by atoms with Gasteiger partial charge in [-0.1, -0.05) is 0 Å². The fourth-order valence-electron chi connectivity index (χ4n) is 2.44. The van der Waals surface area contributed by atoms with Crippen molar-refractivity contribution in [2.24, 2.45) is 0 Å². The number of hydrogen-bond donors (Lipinski definition) is 0. The van der Waals surface area contributed by atoms with Crippen LogP contribution in [0.3, 0.4) is 0 Å². The van der Waals surface area contributed by atoms with E-state index in [9.17, 15) is 0 Å². The van der Waals surface area contributed by atoms with Gasteiger partial charge in [0, 0.05) is 0 Å². The summed E-state index contributed by atoms with van der Waals surface area (Å²) in [4.78, 5) is 0. The summed E-state index contributed by atoms with van der Waals surface area (Å²) < 4.78 is 26.4. The number of hydrogen-bond acceptors (Lipinski definition) is 6. The Morgan fingerprint density at radius 1 is 0.769 bits per heavy atom. The molecule has 0 aromatic rings. The van der Waals surface area contributed by atoms with E-state index in [-0.39, 0.29) is 18.3 Å². The molecule has 0 N–H and O–H groups in total. The molecule has 6 nitrogen and oxygen atoms in total. The number of rotatable bonds is 0. The summed E-state index contributed by atoms with van der Waals surface area (Å²) >= 11 is 0. The first kappa shape index (κ1) is 7.48. The normalized spacial score (nSPS) is 56.9. The third kappa shape index (κ3) is 0.784. The second-order valence-corrected chi connectivity index (χ2v) is 6.27. The van der Waals surface area contributed by atoms with Gasteiger partial charge in [-0.05, 0) is 0 Å². The van der Waals surface area contributed by atoms with Crippen molar-refractivity contribution in [2.75, 3.05) is 0 Å². The van der Waals surface area contributed by atoms with Gasteiger partial charge in [0.2, 0.25) is 0 Å². The van der Waals surface area contributed by atoms with E-state index in [0.717, 1.165) is 19.3 Å². The molecule has 5 fully saturated rings. The SMILES string of the molecule is C1C2CC3CC1OP1(OOO1)(O2)O3. The molecule has 0 unspecified atom stereocenters. The Bertz CT molecular complexity index is 234. The van der Waals surface area contributed by atoms with Crippen molar-refractivity contribution < 1.29 is 28.0 Å². The van der Waals surface area contributed by atoms with E-state index in [2.05, 4.69) is 5.04 Å².